The van der Waals surface area contributed by atoms with Gasteiger partial charge in [-0.15, -0.1) is 0 Å². The van der Waals surface area contributed by atoms with E-state index in [1.54, 1.807) is 18.9 Å². The van der Waals surface area contributed by atoms with E-state index in [-0.39, 0.29) is 23.7 Å². The minimum absolute atomic E-state index is 0.0734. The second kappa shape index (κ2) is 6.46. The summed E-state index contributed by atoms with van der Waals surface area (Å²) in [6.45, 7) is 8.58. The van der Waals surface area contributed by atoms with Gasteiger partial charge in [-0.25, -0.2) is 0 Å². The molecule has 5 nitrogen and oxygen atoms in total. The smallest absolute Gasteiger partial charge is 0.226 e. The quantitative estimate of drug-likeness (QED) is 0.361. The van der Waals surface area contributed by atoms with Gasteiger partial charge in [0.2, 0.25) is 5.91 Å². The molecule has 3 N–H and O–H groups in total. The fraction of sp³-hybridized carbons (Fsp3) is 0.867. The lowest BCUT2D eigenvalue weighted by Crippen LogP contribution is -2.46. The summed E-state index contributed by atoms with van der Waals surface area (Å²) in [6.07, 6.45) is 4.08. The summed E-state index contributed by atoms with van der Waals surface area (Å²) in [6, 6.07) is -0.368. The van der Waals surface area contributed by atoms with E-state index >= 15 is 0 Å². The van der Waals surface area contributed by atoms with Gasteiger partial charge in [-0.05, 0) is 43.9 Å². The van der Waals surface area contributed by atoms with Crippen LogP contribution in [-0.4, -0.2) is 34.9 Å². The largest absolute Gasteiger partial charge is 0.409 e. The molecule has 0 bridgehead atoms. The molecule has 0 aromatic rings. The summed E-state index contributed by atoms with van der Waals surface area (Å²) >= 11 is 0. The van der Waals surface area contributed by atoms with Gasteiger partial charge in [0.1, 0.15) is 0 Å². The third-order valence-corrected chi connectivity index (χ3v) is 4.77. The zero-order valence-electron chi connectivity index (χ0n) is 13.4. The Bertz CT molecular complexity index is 366. The molecule has 0 aliphatic heterocycles. The maximum absolute atomic E-state index is 12.5. The average molecular weight is 283 g/mol. The van der Waals surface area contributed by atoms with Crippen molar-refractivity contribution in [1.29, 1.82) is 0 Å². The van der Waals surface area contributed by atoms with Gasteiger partial charge in [-0.2, -0.15) is 0 Å². The van der Waals surface area contributed by atoms with E-state index in [9.17, 15) is 4.79 Å². The standard InChI is InChI=1S/C15H29N3O2/c1-10(13(16)17-20)18(5)14(19)11-6-8-12(9-7-11)15(2,3)4/h10-12,20H,6-9H2,1-5H3,(H2,16,17). The number of carbonyl (C=O) groups excluding carboxylic acids is 1. The van der Waals surface area contributed by atoms with Crippen molar-refractivity contribution < 1.29 is 10.0 Å². The summed E-state index contributed by atoms with van der Waals surface area (Å²) in [7, 11) is 1.72. The van der Waals surface area contributed by atoms with Crippen LogP contribution in [-0.2, 0) is 4.79 Å². The Balaban J connectivity index is 2.59. The lowest BCUT2D eigenvalue weighted by atomic mass is 9.69. The van der Waals surface area contributed by atoms with Crippen molar-refractivity contribution in [3.8, 4) is 0 Å². The maximum atomic E-state index is 12.5. The molecular weight excluding hydrogens is 254 g/mol. The van der Waals surface area contributed by atoms with Crippen molar-refractivity contribution in [3.05, 3.63) is 0 Å². The van der Waals surface area contributed by atoms with E-state index in [1.165, 1.54) is 0 Å². The van der Waals surface area contributed by atoms with Crippen LogP contribution >= 0.6 is 0 Å². The lowest BCUT2D eigenvalue weighted by Gasteiger charge is -2.38. The summed E-state index contributed by atoms with van der Waals surface area (Å²) in [5, 5.41) is 11.7. The Hall–Kier alpha value is -1.26. The van der Waals surface area contributed by atoms with Crippen molar-refractivity contribution in [2.75, 3.05) is 7.05 Å². The predicted molar refractivity (Wildman–Crippen MR) is 80.5 cm³/mol. The summed E-state index contributed by atoms with van der Waals surface area (Å²) < 4.78 is 0. The Labute approximate surface area is 122 Å². The van der Waals surface area contributed by atoms with Crippen LogP contribution in [0.4, 0.5) is 0 Å². The van der Waals surface area contributed by atoms with Gasteiger partial charge in [0.05, 0.1) is 6.04 Å². The SMILES string of the molecule is CC(C(N)=NO)N(C)C(=O)C1CCC(C(C)(C)C)CC1. The molecule has 0 aromatic heterocycles. The normalized spacial score (nSPS) is 26.1. The number of carbonyl (C=O) groups is 1. The molecule has 1 saturated carbocycles. The zero-order chi connectivity index (χ0) is 15.5. The number of nitrogens with two attached hydrogens (primary N) is 1. The minimum atomic E-state index is -0.368. The zero-order valence-corrected chi connectivity index (χ0v) is 13.4. The fourth-order valence-electron chi connectivity index (χ4n) is 2.97. The molecule has 1 atom stereocenters. The van der Waals surface area contributed by atoms with Gasteiger partial charge >= 0.3 is 0 Å². The van der Waals surface area contributed by atoms with E-state index in [1.807, 2.05) is 0 Å². The van der Waals surface area contributed by atoms with E-state index in [2.05, 4.69) is 25.9 Å². The molecular formula is C15H29N3O2. The van der Waals surface area contributed by atoms with Crippen LogP contribution in [0, 0.1) is 17.3 Å². The van der Waals surface area contributed by atoms with Crippen LogP contribution in [0.1, 0.15) is 53.4 Å². The van der Waals surface area contributed by atoms with Gasteiger partial charge in [0.25, 0.3) is 0 Å². The van der Waals surface area contributed by atoms with E-state index < -0.39 is 0 Å². The third-order valence-electron chi connectivity index (χ3n) is 4.77. The van der Waals surface area contributed by atoms with Crippen molar-refractivity contribution in [3.63, 3.8) is 0 Å². The average Bonchev–Trinajstić information content (AvgIpc) is 2.43. The first-order valence-electron chi connectivity index (χ1n) is 7.42. The van der Waals surface area contributed by atoms with Crippen molar-refractivity contribution >= 4 is 11.7 Å². The van der Waals surface area contributed by atoms with Crippen LogP contribution in [0.15, 0.2) is 5.16 Å². The Morgan fingerprint density at radius 3 is 2.20 bits per heavy atom. The van der Waals surface area contributed by atoms with Gasteiger partial charge in [0, 0.05) is 13.0 Å². The molecule has 1 unspecified atom stereocenters. The van der Waals surface area contributed by atoms with Crippen LogP contribution in [0.25, 0.3) is 0 Å². The Kier molecular flexibility index (Phi) is 5.42. The first-order chi connectivity index (χ1) is 9.18. The van der Waals surface area contributed by atoms with Gasteiger partial charge < -0.3 is 15.8 Å². The first kappa shape index (κ1) is 16.8. The highest BCUT2D eigenvalue weighted by Gasteiger charge is 2.34. The maximum Gasteiger partial charge on any atom is 0.226 e. The molecule has 1 aliphatic rings. The van der Waals surface area contributed by atoms with E-state index in [4.69, 9.17) is 10.9 Å². The molecule has 1 fully saturated rings. The number of amides is 1. The van der Waals surface area contributed by atoms with Crippen molar-refractivity contribution in [1.82, 2.24) is 4.90 Å². The third kappa shape index (κ3) is 3.87. The summed E-state index contributed by atoms with van der Waals surface area (Å²) in [5.41, 5.74) is 5.89. The fourth-order valence-corrected chi connectivity index (χ4v) is 2.97. The number of hydrogen-bond acceptors (Lipinski definition) is 3. The molecule has 20 heavy (non-hydrogen) atoms. The first-order valence-corrected chi connectivity index (χ1v) is 7.42. The van der Waals surface area contributed by atoms with Crippen LogP contribution in [0.2, 0.25) is 0 Å². The monoisotopic (exact) mass is 283 g/mol. The number of nitrogens with zero attached hydrogens (tertiary/aromatic N) is 2. The van der Waals surface area contributed by atoms with Gasteiger partial charge in [-0.3, -0.25) is 4.79 Å². The number of hydrogen-bond donors (Lipinski definition) is 2. The number of oxime groups is 1. The molecule has 1 amide bonds. The van der Waals surface area contributed by atoms with Crippen LogP contribution in [0.5, 0.6) is 0 Å². The number of rotatable bonds is 3. The Morgan fingerprint density at radius 2 is 1.80 bits per heavy atom. The predicted octanol–water partition coefficient (Wildman–Crippen LogP) is 2.43. The van der Waals surface area contributed by atoms with E-state index in [0.29, 0.717) is 11.3 Å². The van der Waals surface area contributed by atoms with Gasteiger partial charge in [-0.1, -0.05) is 25.9 Å². The molecule has 0 heterocycles. The number of amidine groups is 1. The summed E-state index contributed by atoms with van der Waals surface area (Å²) in [5.74, 6) is 0.951. The van der Waals surface area contributed by atoms with Crippen LogP contribution < -0.4 is 5.73 Å². The molecule has 0 saturated heterocycles. The highest BCUT2D eigenvalue weighted by Crippen LogP contribution is 2.40. The molecule has 0 spiro atoms. The second-order valence-electron chi connectivity index (χ2n) is 7.06. The van der Waals surface area contributed by atoms with Crippen molar-refractivity contribution in [2.45, 2.75) is 59.4 Å². The van der Waals surface area contributed by atoms with Crippen LogP contribution in [0.3, 0.4) is 0 Å². The molecule has 0 aromatic carbocycles. The molecule has 1 aliphatic carbocycles. The van der Waals surface area contributed by atoms with E-state index in [0.717, 1.165) is 25.7 Å². The van der Waals surface area contributed by atoms with Gasteiger partial charge in [0.15, 0.2) is 5.84 Å². The summed E-state index contributed by atoms with van der Waals surface area (Å²) in [4.78, 5) is 14.0. The molecule has 5 heteroatoms. The molecule has 1 rings (SSSR count). The topological polar surface area (TPSA) is 78.9 Å². The second-order valence-corrected chi connectivity index (χ2v) is 7.06. The Morgan fingerprint density at radius 1 is 1.30 bits per heavy atom. The highest BCUT2D eigenvalue weighted by molar-refractivity contribution is 5.90. The minimum Gasteiger partial charge on any atom is -0.409 e. The van der Waals surface area contributed by atoms with Crippen molar-refractivity contribution in [2.24, 2.45) is 28.1 Å². The molecule has 0 radical (unpaired) electrons. The lowest BCUT2D eigenvalue weighted by molar-refractivity contribution is -0.136. The highest BCUT2D eigenvalue weighted by atomic mass is 16.4. The number of likely N-dealkylation sites (N-methyl/N-ethyl adjacent to an activating group) is 1. The molecule has 116 valence electrons.